The molecule has 10 nitrogen and oxygen atoms in total. The van der Waals surface area contributed by atoms with Crippen molar-refractivity contribution in [2.24, 2.45) is 5.92 Å². The smallest absolute Gasteiger partial charge is 0.386 e. The van der Waals surface area contributed by atoms with Crippen LogP contribution in [0.3, 0.4) is 0 Å². The van der Waals surface area contributed by atoms with Gasteiger partial charge in [0.2, 0.25) is 11.8 Å². The topological polar surface area (TPSA) is 91.5 Å². The number of hydrogen-bond acceptors (Lipinski definition) is 7. The van der Waals surface area contributed by atoms with E-state index in [-0.39, 0.29) is 53.0 Å². The molecule has 2 N–H and O–H groups in total. The summed E-state index contributed by atoms with van der Waals surface area (Å²) in [5.74, 6) is -1.27. The Hall–Kier alpha value is -3.07. The fourth-order valence-corrected chi connectivity index (χ4v) is 9.15. The number of carbonyl (C=O) groups is 3. The van der Waals surface area contributed by atoms with E-state index in [1.165, 1.54) is 13.1 Å². The number of fused-ring (bicyclic) bond motifs is 1. The van der Waals surface area contributed by atoms with Crippen LogP contribution < -0.4 is 10.6 Å². The van der Waals surface area contributed by atoms with Crippen LogP contribution in [-0.4, -0.2) is 127 Å². The van der Waals surface area contributed by atoms with E-state index in [0.717, 1.165) is 62.8 Å². The van der Waals surface area contributed by atoms with Crippen LogP contribution in [0.1, 0.15) is 48.8 Å². The molecule has 1 atom stereocenters. The molecular formula is C35H47ClF3N7O3S. The fourth-order valence-electron chi connectivity index (χ4n) is 7.99. The average Bonchev–Trinajstić information content (AvgIpc) is 3.47. The van der Waals surface area contributed by atoms with Crippen molar-refractivity contribution in [3.05, 3.63) is 44.6 Å². The van der Waals surface area contributed by atoms with Crippen molar-refractivity contribution in [3.63, 3.8) is 0 Å². The molecule has 0 spiro atoms. The second kappa shape index (κ2) is 15.7. The van der Waals surface area contributed by atoms with Crippen molar-refractivity contribution < 1.29 is 27.6 Å². The Kier molecular flexibility index (Phi) is 11.5. The van der Waals surface area contributed by atoms with Crippen LogP contribution in [0, 0.1) is 5.92 Å². The van der Waals surface area contributed by atoms with Crippen LogP contribution in [0.4, 0.5) is 29.3 Å². The zero-order valence-corrected chi connectivity index (χ0v) is 30.3. The third-order valence-electron chi connectivity index (χ3n) is 10.9. The molecule has 5 heterocycles. The number of anilines is 2. The molecule has 4 aliphatic heterocycles. The lowest BCUT2D eigenvalue weighted by atomic mass is 9.91. The number of amides is 4. The second-order valence-electron chi connectivity index (χ2n) is 14.0. The van der Waals surface area contributed by atoms with Gasteiger partial charge in [0.15, 0.2) is 0 Å². The number of piperidine rings is 2. The molecule has 0 aliphatic carbocycles. The number of carbonyl (C=O) groups excluding carboxylic acids is 3. The zero-order chi connectivity index (χ0) is 35.6. The SMILES string of the molecule is CNc1c(Cl)cc(C[C@@H](CC(=O)N2CCC(N3CCc4cscc4NC3=O)CC2)C(=O)N2CCN(C3CCN(C)CC3)CC2)cc1C(F)(F)F. The predicted molar refractivity (Wildman–Crippen MR) is 190 cm³/mol. The predicted octanol–water partition coefficient (Wildman–Crippen LogP) is 5.33. The van der Waals surface area contributed by atoms with E-state index in [2.05, 4.69) is 32.9 Å². The highest BCUT2D eigenvalue weighted by atomic mass is 35.5. The maximum atomic E-state index is 14.1. The van der Waals surface area contributed by atoms with Gasteiger partial charge in [0.05, 0.1) is 27.9 Å². The molecule has 1 aromatic carbocycles. The molecular weight excluding hydrogens is 691 g/mol. The third kappa shape index (κ3) is 8.35. The summed E-state index contributed by atoms with van der Waals surface area (Å²) < 4.78 is 42.1. The molecule has 3 fully saturated rings. The lowest BCUT2D eigenvalue weighted by molar-refractivity contribution is -0.143. The number of nitrogens with zero attached hydrogens (tertiary/aromatic N) is 5. The van der Waals surface area contributed by atoms with Gasteiger partial charge in [0.25, 0.3) is 0 Å². The van der Waals surface area contributed by atoms with Gasteiger partial charge < -0.3 is 30.2 Å². The van der Waals surface area contributed by atoms with Gasteiger partial charge in [-0.3, -0.25) is 14.5 Å². The maximum Gasteiger partial charge on any atom is 0.418 e. The molecule has 274 valence electrons. The summed E-state index contributed by atoms with van der Waals surface area (Å²) in [5, 5.41) is 9.47. The summed E-state index contributed by atoms with van der Waals surface area (Å²) in [7, 11) is 3.51. The number of likely N-dealkylation sites (tertiary alicyclic amines) is 2. The van der Waals surface area contributed by atoms with Crippen molar-refractivity contribution in [2.75, 3.05) is 83.6 Å². The van der Waals surface area contributed by atoms with Gasteiger partial charge >= 0.3 is 12.2 Å². The number of urea groups is 1. The number of hydrogen-bond donors (Lipinski definition) is 2. The molecule has 0 unspecified atom stereocenters. The van der Waals surface area contributed by atoms with Gasteiger partial charge in [-0.2, -0.15) is 13.2 Å². The van der Waals surface area contributed by atoms with E-state index in [4.69, 9.17) is 11.6 Å². The van der Waals surface area contributed by atoms with Crippen molar-refractivity contribution in [2.45, 2.75) is 63.2 Å². The summed E-state index contributed by atoms with van der Waals surface area (Å²) in [6.07, 6.45) is -0.655. The van der Waals surface area contributed by atoms with Gasteiger partial charge in [-0.15, -0.1) is 11.3 Å². The van der Waals surface area contributed by atoms with Gasteiger partial charge in [-0.1, -0.05) is 11.6 Å². The van der Waals surface area contributed by atoms with E-state index < -0.39 is 17.7 Å². The van der Waals surface area contributed by atoms with Crippen LogP contribution in [0.2, 0.25) is 5.02 Å². The van der Waals surface area contributed by atoms with Crippen LogP contribution in [0.15, 0.2) is 22.9 Å². The molecule has 0 saturated carbocycles. The highest BCUT2D eigenvalue weighted by Gasteiger charge is 2.38. The zero-order valence-electron chi connectivity index (χ0n) is 28.7. The van der Waals surface area contributed by atoms with Crippen LogP contribution in [0.25, 0.3) is 0 Å². The molecule has 3 saturated heterocycles. The number of nitrogens with one attached hydrogen (secondary N) is 2. The molecule has 4 amide bonds. The first-order chi connectivity index (χ1) is 23.9. The largest absolute Gasteiger partial charge is 0.418 e. The minimum Gasteiger partial charge on any atom is -0.386 e. The van der Waals surface area contributed by atoms with E-state index >= 15 is 0 Å². The maximum absolute atomic E-state index is 14.1. The van der Waals surface area contributed by atoms with Gasteiger partial charge in [0, 0.05) is 76.7 Å². The monoisotopic (exact) mass is 737 g/mol. The van der Waals surface area contributed by atoms with Crippen LogP contribution in [0.5, 0.6) is 0 Å². The second-order valence-corrected chi connectivity index (χ2v) is 15.2. The van der Waals surface area contributed by atoms with Crippen molar-refractivity contribution in [1.29, 1.82) is 0 Å². The molecule has 4 aliphatic rings. The van der Waals surface area contributed by atoms with Gasteiger partial charge in [-0.05, 0) is 87.3 Å². The third-order valence-corrected chi connectivity index (χ3v) is 12.0. The van der Waals surface area contributed by atoms with E-state index in [1.807, 2.05) is 10.3 Å². The fraction of sp³-hybridized carbons (Fsp3) is 0.629. The molecule has 1 aromatic heterocycles. The molecule has 2 aromatic rings. The number of benzene rings is 1. The Bertz CT molecular complexity index is 1530. The summed E-state index contributed by atoms with van der Waals surface area (Å²) in [4.78, 5) is 51.1. The summed E-state index contributed by atoms with van der Waals surface area (Å²) in [6.45, 7) is 6.04. The molecule has 15 heteroatoms. The molecule has 0 radical (unpaired) electrons. The van der Waals surface area contributed by atoms with Crippen molar-refractivity contribution in [1.82, 2.24) is 24.5 Å². The Balaban J connectivity index is 1.13. The van der Waals surface area contributed by atoms with E-state index in [1.54, 1.807) is 21.1 Å². The normalized spacial score (nSPS) is 21.1. The van der Waals surface area contributed by atoms with E-state index in [0.29, 0.717) is 51.6 Å². The number of alkyl halides is 3. The van der Waals surface area contributed by atoms with E-state index in [9.17, 15) is 27.6 Å². The highest BCUT2D eigenvalue weighted by Crippen LogP contribution is 2.40. The lowest BCUT2D eigenvalue weighted by Crippen LogP contribution is -2.55. The number of thiophene rings is 1. The van der Waals surface area contributed by atoms with Crippen molar-refractivity contribution >= 4 is 52.2 Å². The summed E-state index contributed by atoms with van der Waals surface area (Å²) >= 11 is 7.89. The number of piperazine rings is 1. The summed E-state index contributed by atoms with van der Waals surface area (Å²) in [5.41, 5.74) is 1.13. The minimum atomic E-state index is -4.65. The first-order valence-corrected chi connectivity index (χ1v) is 18.9. The minimum absolute atomic E-state index is 0.0151. The van der Waals surface area contributed by atoms with Gasteiger partial charge in [0.1, 0.15) is 0 Å². The van der Waals surface area contributed by atoms with Crippen LogP contribution in [-0.2, 0) is 28.6 Å². The Morgan fingerprint density at radius 3 is 2.30 bits per heavy atom. The lowest BCUT2D eigenvalue weighted by Gasteiger charge is -2.43. The van der Waals surface area contributed by atoms with Crippen molar-refractivity contribution in [3.8, 4) is 0 Å². The molecule has 0 bridgehead atoms. The molecule has 50 heavy (non-hydrogen) atoms. The average molecular weight is 738 g/mol. The first kappa shape index (κ1) is 36.7. The Morgan fingerprint density at radius 2 is 1.64 bits per heavy atom. The number of halogens is 4. The van der Waals surface area contributed by atoms with Crippen LogP contribution >= 0.6 is 22.9 Å². The quantitative estimate of drug-likeness (QED) is 0.381. The first-order valence-electron chi connectivity index (χ1n) is 17.6. The highest BCUT2D eigenvalue weighted by molar-refractivity contribution is 7.08. The molecule has 6 rings (SSSR count). The van der Waals surface area contributed by atoms with Gasteiger partial charge in [-0.25, -0.2) is 4.79 Å². The Labute approximate surface area is 300 Å². The Morgan fingerprint density at radius 1 is 0.960 bits per heavy atom. The number of rotatable bonds is 8. The standard InChI is InChI=1S/C35H47ClF3N7O3S/c1-40-32-28(35(37,38)39)18-23(19-29(32)36)17-25(33(48)45-15-13-43(14-16-45)26-4-8-42(2)9-5-26)20-31(47)44-10-6-27(7-11-44)46-12-3-24-21-50-22-30(24)41-34(46)49/h18-19,21-22,25-27,40H,3-17,20H2,1-2H3,(H,41,49)/t25-/m0/s1. The summed E-state index contributed by atoms with van der Waals surface area (Å²) in [6, 6.07) is 2.83.